The van der Waals surface area contributed by atoms with Gasteiger partial charge in [0.15, 0.2) is 0 Å². The molecule has 1 aromatic carbocycles. The van der Waals surface area contributed by atoms with Crippen LogP contribution in [-0.2, 0) is 0 Å². The zero-order chi connectivity index (χ0) is 8.69. The van der Waals surface area contributed by atoms with Gasteiger partial charge in [-0.1, -0.05) is 35.4 Å². The molecule has 0 aliphatic heterocycles. The van der Waals surface area contributed by atoms with E-state index in [0.717, 1.165) is 0 Å². The Morgan fingerprint density at radius 3 is 1.18 bits per heavy atom. The van der Waals surface area contributed by atoms with Crippen molar-refractivity contribution in [3.8, 4) is 0 Å². The van der Waals surface area contributed by atoms with E-state index in [9.17, 15) is 0 Å². The largest absolute Gasteiger partial charge is 0.323 e. The molecule has 0 fully saturated rings. The third-order valence-corrected chi connectivity index (χ3v) is 1.22. The van der Waals surface area contributed by atoms with Crippen molar-refractivity contribution in [2.45, 2.75) is 13.8 Å². The van der Waals surface area contributed by atoms with E-state index in [1.54, 1.807) is 0 Å². The Kier molecular flexibility index (Phi) is 5.49. The second kappa shape index (κ2) is 5.93. The van der Waals surface area contributed by atoms with Gasteiger partial charge in [0.2, 0.25) is 0 Å². The van der Waals surface area contributed by atoms with Crippen LogP contribution < -0.4 is 5.32 Å². The predicted octanol–water partition coefficient (Wildman–Crippen LogP) is 2.14. The van der Waals surface area contributed by atoms with Gasteiger partial charge in [0.05, 0.1) is 0 Å². The van der Waals surface area contributed by atoms with Crippen LogP contribution in [0.3, 0.4) is 0 Å². The van der Waals surface area contributed by atoms with Gasteiger partial charge in [-0.2, -0.15) is 0 Å². The van der Waals surface area contributed by atoms with E-state index in [1.807, 2.05) is 14.1 Å². The quantitative estimate of drug-likeness (QED) is 0.599. The molecular formula is C10H17N. The van der Waals surface area contributed by atoms with Crippen LogP contribution in [0.15, 0.2) is 24.3 Å². The molecule has 0 aliphatic rings. The molecular weight excluding hydrogens is 134 g/mol. The van der Waals surface area contributed by atoms with Gasteiger partial charge in [0.25, 0.3) is 0 Å². The summed E-state index contributed by atoms with van der Waals surface area (Å²) in [5.74, 6) is 0. The Labute approximate surface area is 69.4 Å². The minimum atomic E-state index is 1.33. The lowest BCUT2D eigenvalue weighted by Gasteiger charge is -1.90. The molecule has 0 saturated carbocycles. The van der Waals surface area contributed by atoms with E-state index in [-0.39, 0.29) is 0 Å². The molecule has 1 rings (SSSR count). The Hall–Kier alpha value is -0.820. The molecule has 1 heteroatoms. The fourth-order valence-corrected chi connectivity index (χ4v) is 0.637. The van der Waals surface area contributed by atoms with Gasteiger partial charge in [-0.05, 0) is 27.9 Å². The molecule has 1 nitrogen and oxygen atoms in total. The number of aryl methyl sites for hydroxylation is 2. The average Bonchev–Trinajstić information content (AvgIpc) is 1.97. The Morgan fingerprint density at radius 1 is 0.818 bits per heavy atom. The maximum atomic E-state index is 2.75. The van der Waals surface area contributed by atoms with Crippen molar-refractivity contribution in [1.82, 2.24) is 5.32 Å². The van der Waals surface area contributed by atoms with Crippen molar-refractivity contribution in [1.29, 1.82) is 0 Å². The first-order valence-corrected chi connectivity index (χ1v) is 3.82. The van der Waals surface area contributed by atoms with Gasteiger partial charge in [0.1, 0.15) is 0 Å². The topological polar surface area (TPSA) is 12.0 Å². The van der Waals surface area contributed by atoms with E-state index in [0.29, 0.717) is 0 Å². The van der Waals surface area contributed by atoms with Crippen molar-refractivity contribution < 1.29 is 0 Å². The number of nitrogens with one attached hydrogen (secondary N) is 1. The first-order valence-electron chi connectivity index (χ1n) is 3.82. The molecule has 1 N–H and O–H groups in total. The SMILES string of the molecule is CNC.Cc1ccc(C)cc1. The second-order valence-electron chi connectivity index (χ2n) is 2.65. The monoisotopic (exact) mass is 151 g/mol. The summed E-state index contributed by atoms with van der Waals surface area (Å²) < 4.78 is 0. The average molecular weight is 151 g/mol. The van der Waals surface area contributed by atoms with E-state index >= 15 is 0 Å². The maximum absolute atomic E-state index is 2.75. The zero-order valence-electron chi connectivity index (χ0n) is 7.81. The van der Waals surface area contributed by atoms with Crippen molar-refractivity contribution in [3.63, 3.8) is 0 Å². The maximum Gasteiger partial charge on any atom is -0.0167 e. The van der Waals surface area contributed by atoms with E-state index < -0.39 is 0 Å². The molecule has 0 atom stereocenters. The van der Waals surface area contributed by atoms with Crippen molar-refractivity contribution in [2.24, 2.45) is 0 Å². The van der Waals surface area contributed by atoms with Gasteiger partial charge in [0, 0.05) is 0 Å². The van der Waals surface area contributed by atoms with Gasteiger partial charge >= 0.3 is 0 Å². The fourth-order valence-electron chi connectivity index (χ4n) is 0.637. The number of hydrogen-bond acceptors (Lipinski definition) is 1. The summed E-state index contributed by atoms with van der Waals surface area (Å²) in [6.45, 7) is 4.19. The lowest BCUT2D eigenvalue weighted by molar-refractivity contribution is 1.02. The van der Waals surface area contributed by atoms with Crippen LogP contribution in [-0.4, -0.2) is 14.1 Å². The van der Waals surface area contributed by atoms with Crippen LogP contribution in [0.25, 0.3) is 0 Å². The first kappa shape index (κ1) is 10.2. The van der Waals surface area contributed by atoms with Crippen LogP contribution in [0.4, 0.5) is 0 Å². The van der Waals surface area contributed by atoms with Crippen LogP contribution in [0, 0.1) is 13.8 Å². The smallest absolute Gasteiger partial charge is 0.0167 e. The molecule has 0 aliphatic carbocycles. The summed E-state index contributed by atoms with van der Waals surface area (Å²) >= 11 is 0. The number of hydrogen-bond donors (Lipinski definition) is 1. The Morgan fingerprint density at radius 2 is 1.00 bits per heavy atom. The lowest BCUT2D eigenvalue weighted by Crippen LogP contribution is -1.89. The van der Waals surface area contributed by atoms with Crippen LogP contribution >= 0.6 is 0 Å². The molecule has 1 aromatic rings. The molecule has 0 unspecified atom stereocenters. The summed E-state index contributed by atoms with van der Waals surface area (Å²) in [4.78, 5) is 0. The number of benzene rings is 1. The molecule has 0 heterocycles. The highest BCUT2D eigenvalue weighted by atomic mass is 14.7. The Balaban J connectivity index is 0.000000292. The summed E-state index contributed by atoms with van der Waals surface area (Å²) in [6.07, 6.45) is 0. The molecule has 62 valence electrons. The molecule has 0 aromatic heterocycles. The standard InChI is InChI=1S/C8H10.C2H7N/c1-7-3-5-8(2)6-4-7;1-3-2/h3-6H,1-2H3;3H,1-2H3. The van der Waals surface area contributed by atoms with Crippen LogP contribution in [0.5, 0.6) is 0 Å². The van der Waals surface area contributed by atoms with Crippen molar-refractivity contribution in [3.05, 3.63) is 35.4 Å². The minimum Gasteiger partial charge on any atom is -0.323 e. The minimum absolute atomic E-state index is 1.33. The van der Waals surface area contributed by atoms with Gasteiger partial charge in [-0.15, -0.1) is 0 Å². The highest BCUT2D eigenvalue weighted by Crippen LogP contribution is 1.99. The summed E-state index contributed by atoms with van der Waals surface area (Å²) in [7, 11) is 3.75. The van der Waals surface area contributed by atoms with E-state index in [1.165, 1.54) is 11.1 Å². The number of rotatable bonds is 0. The third kappa shape index (κ3) is 5.62. The van der Waals surface area contributed by atoms with Crippen LogP contribution in [0.2, 0.25) is 0 Å². The van der Waals surface area contributed by atoms with E-state index in [2.05, 4.69) is 43.4 Å². The van der Waals surface area contributed by atoms with Gasteiger partial charge < -0.3 is 5.32 Å². The molecule has 0 amide bonds. The molecule has 0 bridgehead atoms. The van der Waals surface area contributed by atoms with Gasteiger partial charge in [-0.25, -0.2) is 0 Å². The predicted molar refractivity (Wildman–Crippen MR) is 50.9 cm³/mol. The second-order valence-corrected chi connectivity index (χ2v) is 2.65. The van der Waals surface area contributed by atoms with Crippen molar-refractivity contribution >= 4 is 0 Å². The Bertz CT molecular complexity index is 156. The summed E-state index contributed by atoms with van der Waals surface area (Å²) in [6, 6.07) is 8.48. The summed E-state index contributed by atoms with van der Waals surface area (Å²) in [5, 5.41) is 2.75. The normalized spacial score (nSPS) is 8.36. The molecule has 0 spiro atoms. The van der Waals surface area contributed by atoms with Gasteiger partial charge in [-0.3, -0.25) is 0 Å². The van der Waals surface area contributed by atoms with E-state index in [4.69, 9.17) is 0 Å². The highest BCUT2D eigenvalue weighted by Gasteiger charge is 1.79. The molecule has 0 saturated heterocycles. The molecule has 0 radical (unpaired) electrons. The van der Waals surface area contributed by atoms with Crippen molar-refractivity contribution in [2.75, 3.05) is 14.1 Å². The lowest BCUT2D eigenvalue weighted by atomic mass is 10.2. The first-order chi connectivity index (χ1) is 5.20. The van der Waals surface area contributed by atoms with Crippen LogP contribution in [0.1, 0.15) is 11.1 Å². The zero-order valence-corrected chi connectivity index (χ0v) is 7.81. The summed E-state index contributed by atoms with van der Waals surface area (Å²) in [5.41, 5.74) is 2.66. The molecule has 11 heavy (non-hydrogen) atoms. The fraction of sp³-hybridized carbons (Fsp3) is 0.400. The highest BCUT2D eigenvalue weighted by molar-refractivity contribution is 5.19. The third-order valence-electron chi connectivity index (χ3n) is 1.22.